The monoisotopic (exact) mass is 280 g/mol. The summed E-state index contributed by atoms with van der Waals surface area (Å²) in [4.78, 5) is 22.6. The van der Waals surface area contributed by atoms with Crippen molar-refractivity contribution in [3.8, 4) is 5.75 Å². The van der Waals surface area contributed by atoms with Gasteiger partial charge in [-0.1, -0.05) is 25.8 Å². The van der Waals surface area contributed by atoms with Crippen molar-refractivity contribution >= 4 is 17.7 Å². The molecule has 20 heavy (non-hydrogen) atoms. The van der Waals surface area contributed by atoms with Gasteiger partial charge in [0.2, 0.25) is 0 Å². The minimum absolute atomic E-state index is 0.0137. The summed E-state index contributed by atoms with van der Waals surface area (Å²) in [6.45, 7) is 3.96. The molecule has 0 bridgehead atoms. The Morgan fingerprint density at radius 1 is 1.35 bits per heavy atom. The van der Waals surface area contributed by atoms with Crippen molar-refractivity contribution in [3.05, 3.63) is 23.8 Å². The summed E-state index contributed by atoms with van der Waals surface area (Å²) >= 11 is 0. The van der Waals surface area contributed by atoms with Crippen LogP contribution in [0.1, 0.15) is 43.5 Å². The topological polar surface area (TPSA) is 98.7 Å². The van der Waals surface area contributed by atoms with E-state index in [1.807, 2.05) is 6.92 Å². The molecule has 0 spiro atoms. The Balaban J connectivity index is 2.67. The van der Waals surface area contributed by atoms with Crippen LogP contribution in [0.4, 0.5) is 10.5 Å². The zero-order valence-electron chi connectivity index (χ0n) is 11.6. The summed E-state index contributed by atoms with van der Waals surface area (Å²) in [5.41, 5.74) is -0.174. The smallest absolute Gasteiger partial charge is 0.339 e. The van der Waals surface area contributed by atoms with Gasteiger partial charge in [-0.3, -0.25) is 0 Å². The number of carboxylic acid groups (broad SMARTS) is 1. The number of para-hydroxylation sites is 1. The average molecular weight is 280 g/mol. The largest absolute Gasteiger partial charge is 0.505 e. The summed E-state index contributed by atoms with van der Waals surface area (Å²) in [6.07, 6.45) is 2.93. The fraction of sp³-hybridized carbons (Fsp3) is 0.429. The molecule has 0 saturated carbocycles. The normalized spacial score (nSPS) is 11.7. The summed E-state index contributed by atoms with van der Waals surface area (Å²) < 4.78 is 0. The standard InChI is InChI=1S/C14H20N2O4/c1-3-4-6-9(2)15-14(20)16-11-8-5-7-10(12(11)17)13(18)19/h5,7-9,17H,3-4,6H2,1-2H3,(H,18,19)(H2,15,16,20). The molecule has 0 aliphatic heterocycles. The lowest BCUT2D eigenvalue weighted by molar-refractivity contribution is 0.0693. The number of aromatic carboxylic acids is 1. The number of carbonyl (C=O) groups excluding carboxylic acids is 1. The van der Waals surface area contributed by atoms with Gasteiger partial charge in [0.25, 0.3) is 0 Å². The van der Waals surface area contributed by atoms with Gasteiger partial charge in [0.05, 0.1) is 5.69 Å². The molecule has 1 rings (SSSR count). The lowest BCUT2D eigenvalue weighted by Gasteiger charge is -2.15. The molecule has 1 atom stereocenters. The van der Waals surface area contributed by atoms with Crippen LogP contribution in [0.15, 0.2) is 18.2 Å². The van der Waals surface area contributed by atoms with Crippen molar-refractivity contribution in [1.82, 2.24) is 5.32 Å². The van der Waals surface area contributed by atoms with Gasteiger partial charge in [0.15, 0.2) is 5.75 Å². The summed E-state index contributed by atoms with van der Waals surface area (Å²) in [7, 11) is 0. The van der Waals surface area contributed by atoms with Gasteiger partial charge < -0.3 is 20.8 Å². The molecular formula is C14H20N2O4. The molecule has 1 aromatic rings. The Hall–Kier alpha value is -2.24. The van der Waals surface area contributed by atoms with E-state index in [0.29, 0.717) is 0 Å². The number of rotatable bonds is 6. The quantitative estimate of drug-likeness (QED) is 0.602. The predicted octanol–water partition coefficient (Wildman–Crippen LogP) is 2.79. The van der Waals surface area contributed by atoms with Crippen LogP contribution >= 0.6 is 0 Å². The molecule has 0 saturated heterocycles. The number of anilines is 1. The second-order valence-electron chi connectivity index (χ2n) is 4.65. The third-order valence-corrected chi connectivity index (χ3v) is 2.88. The summed E-state index contributed by atoms with van der Waals surface area (Å²) in [5.74, 6) is -1.70. The number of carbonyl (C=O) groups is 2. The minimum Gasteiger partial charge on any atom is -0.505 e. The highest BCUT2D eigenvalue weighted by molar-refractivity contribution is 5.97. The van der Waals surface area contributed by atoms with Crippen LogP contribution in [0.25, 0.3) is 0 Å². The van der Waals surface area contributed by atoms with E-state index in [0.717, 1.165) is 19.3 Å². The molecule has 1 unspecified atom stereocenters. The van der Waals surface area contributed by atoms with Crippen molar-refractivity contribution in [1.29, 1.82) is 0 Å². The van der Waals surface area contributed by atoms with E-state index in [1.54, 1.807) is 0 Å². The lowest BCUT2D eigenvalue weighted by Crippen LogP contribution is -2.36. The van der Waals surface area contributed by atoms with Crippen molar-refractivity contribution in [2.45, 2.75) is 39.2 Å². The number of hydrogen-bond donors (Lipinski definition) is 4. The molecule has 4 N–H and O–H groups in total. The van der Waals surface area contributed by atoms with Gasteiger partial charge in [0.1, 0.15) is 5.56 Å². The summed E-state index contributed by atoms with van der Waals surface area (Å²) in [5, 5.41) is 23.8. The van der Waals surface area contributed by atoms with Crippen LogP contribution in [0.5, 0.6) is 5.75 Å². The maximum absolute atomic E-state index is 11.7. The molecular weight excluding hydrogens is 260 g/mol. The van der Waals surface area contributed by atoms with Gasteiger partial charge in [0, 0.05) is 6.04 Å². The van der Waals surface area contributed by atoms with Crippen LogP contribution in [0.2, 0.25) is 0 Å². The van der Waals surface area contributed by atoms with Gasteiger partial charge in [-0.05, 0) is 25.5 Å². The molecule has 0 fully saturated rings. The van der Waals surface area contributed by atoms with Crippen molar-refractivity contribution in [3.63, 3.8) is 0 Å². The zero-order valence-corrected chi connectivity index (χ0v) is 11.6. The first-order chi connectivity index (χ1) is 9.45. The van der Waals surface area contributed by atoms with Crippen molar-refractivity contribution < 1.29 is 19.8 Å². The molecule has 0 aliphatic carbocycles. The molecule has 110 valence electrons. The number of urea groups is 1. The Bertz CT molecular complexity index is 488. The third kappa shape index (κ3) is 4.46. The molecule has 0 radical (unpaired) electrons. The molecule has 6 nitrogen and oxygen atoms in total. The Morgan fingerprint density at radius 3 is 2.65 bits per heavy atom. The van der Waals surface area contributed by atoms with E-state index in [1.165, 1.54) is 18.2 Å². The number of nitrogens with one attached hydrogen (secondary N) is 2. The number of benzene rings is 1. The molecule has 6 heteroatoms. The molecule has 0 heterocycles. The van der Waals surface area contributed by atoms with Crippen LogP contribution in [0, 0.1) is 0 Å². The van der Waals surface area contributed by atoms with Crippen LogP contribution in [-0.4, -0.2) is 28.3 Å². The predicted molar refractivity (Wildman–Crippen MR) is 76.2 cm³/mol. The number of hydrogen-bond acceptors (Lipinski definition) is 3. The van der Waals surface area contributed by atoms with Gasteiger partial charge in [-0.25, -0.2) is 9.59 Å². The Morgan fingerprint density at radius 2 is 2.05 bits per heavy atom. The summed E-state index contributed by atoms with van der Waals surface area (Å²) in [6, 6.07) is 3.72. The highest BCUT2D eigenvalue weighted by Crippen LogP contribution is 2.27. The van der Waals surface area contributed by atoms with E-state index in [2.05, 4.69) is 17.6 Å². The van der Waals surface area contributed by atoms with Gasteiger partial charge >= 0.3 is 12.0 Å². The van der Waals surface area contributed by atoms with E-state index >= 15 is 0 Å². The maximum Gasteiger partial charge on any atom is 0.339 e. The minimum atomic E-state index is -1.25. The fourth-order valence-electron chi connectivity index (χ4n) is 1.78. The van der Waals surface area contributed by atoms with Crippen LogP contribution in [0.3, 0.4) is 0 Å². The first kappa shape index (κ1) is 15.8. The number of phenols is 1. The highest BCUT2D eigenvalue weighted by Gasteiger charge is 2.15. The average Bonchev–Trinajstić information content (AvgIpc) is 2.38. The number of unbranched alkanes of at least 4 members (excludes halogenated alkanes) is 1. The first-order valence-electron chi connectivity index (χ1n) is 6.58. The van der Waals surface area contributed by atoms with Crippen molar-refractivity contribution in [2.75, 3.05) is 5.32 Å². The third-order valence-electron chi connectivity index (χ3n) is 2.88. The lowest BCUT2D eigenvalue weighted by atomic mass is 10.1. The molecule has 1 aromatic carbocycles. The Kier molecular flexibility index (Phi) is 5.83. The van der Waals surface area contributed by atoms with Crippen LogP contribution in [-0.2, 0) is 0 Å². The number of aromatic hydroxyl groups is 1. The zero-order chi connectivity index (χ0) is 15.1. The fourth-order valence-corrected chi connectivity index (χ4v) is 1.78. The molecule has 0 aromatic heterocycles. The van der Waals surface area contributed by atoms with Gasteiger partial charge in [-0.15, -0.1) is 0 Å². The van der Waals surface area contributed by atoms with Crippen LogP contribution < -0.4 is 10.6 Å². The second kappa shape index (κ2) is 7.37. The highest BCUT2D eigenvalue weighted by atomic mass is 16.4. The Labute approximate surface area is 117 Å². The molecule has 0 aliphatic rings. The van der Waals surface area contributed by atoms with E-state index in [4.69, 9.17) is 5.11 Å². The van der Waals surface area contributed by atoms with E-state index in [-0.39, 0.29) is 17.3 Å². The maximum atomic E-state index is 11.7. The second-order valence-corrected chi connectivity index (χ2v) is 4.65. The number of amides is 2. The number of carboxylic acids is 1. The van der Waals surface area contributed by atoms with Gasteiger partial charge in [-0.2, -0.15) is 0 Å². The van der Waals surface area contributed by atoms with E-state index < -0.39 is 17.7 Å². The van der Waals surface area contributed by atoms with E-state index in [9.17, 15) is 14.7 Å². The SMILES string of the molecule is CCCCC(C)NC(=O)Nc1cccc(C(=O)O)c1O. The molecule has 2 amide bonds. The van der Waals surface area contributed by atoms with Crippen molar-refractivity contribution in [2.24, 2.45) is 0 Å². The first-order valence-corrected chi connectivity index (χ1v) is 6.58.